The SMILES string of the molecule is CC(C)COCCOCc1ccc(C(=O)O)c(F)c1. The third-order valence-electron chi connectivity index (χ3n) is 2.36. The number of ether oxygens (including phenoxy) is 2. The zero-order valence-corrected chi connectivity index (χ0v) is 11.2. The molecule has 1 rings (SSSR count). The largest absolute Gasteiger partial charge is 0.478 e. The van der Waals surface area contributed by atoms with Crippen LogP contribution >= 0.6 is 0 Å². The lowest BCUT2D eigenvalue weighted by Gasteiger charge is -2.08. The van der Waals surface area contributed by atoms with Crippen LogP contribution in [0, 0.1) is 11.7 Å². The van der Waals surface area contributed by atoms with Crippen molar-refractivity contribution in [2.75, 3.05) is 19.8 Å². The van der Waals surface area contributed by atoms with Gasteiger partial charge < -0.3 is 14.6 Å². The third-order valence-corrected chi connectivity index (χ3v) is 2.36. The molecule has 0 aliphatic carbocycles. The lowest BCUT2D eigenvalue weighted by atomic mass is 10.1. The van der Waals surface area contributed by atoms with Crippen LogP contribution < -0.4 is 0 Å². The monoisotopic (exact) mass is 270 g/mol. The summed E-state index contributed by atoms with van der Waals surface area (Å²) in [4.78, 5) is 10.6. The minimum atomic E-state index is -1.27. The fraction of sp³-hybridized carbons (Fsp3) is 0.500. The van der Waals surface area contributed by atoms with Crippen LogP contribution in [0.5, 0.6) is 0 Å². The molecule has 0 aliphatic rings. The summed E-state index contributed by atoms with van der Waals surface area (Å²) in [6.07, 6.45) is 0. The first kappa shape index (κ1) is 15.6. The van der Waals surface area contributed by atoms with E-state index in [9.17, 15) is 9.18 Å². The number of benzene rings is 1. The molecule has 0 fully saturated rings. The number of carboxylic acids is 1. The Balaban J connectivity index is 2.30. The molecule has 0 bridgehead atoms. The number of hydrogen-bond acceptors (Lipinski definition) is 3. The van der Waals surface area contributed by atoms with Gasteiger partial charge >= 0.3 is 5.97 Å². The standard InChI is InChI=1S/C14H19FO4/c1-10(2)8-18-5-6-19-9-11-3-4-12(14(16)17)13(15)7-11/h3-4,7,10H,5-6,8-9H2,1-2H3,(H,16,17). The summed E-state index contributed by atoms with van der Waals surface area (Å²) in [7, 11) is 0. The van der Waals surface area contributed by atoms with Crippen molar-refractivity contribution >= 4 is 5.97 Å². The fourth-order valence-electron chi connectivity index (χ4n) is 1.45. The van der Waals surface area contributed by atoms with Crippen LogP contribution in [-0.4, -0.2) is 30.9 Å². The third kappa shape index (κ3) is 5.81. The summed E-state index contributed by atoms with van der Waals surface area (Å²) in [5, 5.41) is 8.69. The Bertz CT molecular complexity index is 418. The smallest absolute Gasteiger partial charge is 0.338 e. The van der Waals surface area contributed by atoms with E-state index >= 15 is 0 Å². The lowest BCUT2D eigenvalue weighted by molar-refractivity contribution is 0.0314. The Labute approximate surface area is 112 Å². The molecule has 0 heterocycles. The van der Waals surface area contributed by atoms with Crippen LogP contribution in [0.3, 0.4) is 0 Å². The molecule has 0 saturated carbocycles. The minimum Gasteiger partial charge on any atom is -0.478 e. The minimum absolute atomic E-state index is 0.238. The zero-order valence-electron chi connectivity index (χ0n) is 11.2. The van der Waals surface area contributed by atoms with E-state index in [2.05, 4.69) is 13.8 Å². The van der Waals surface area contributed by atoms with Gasteiger partial charge in [0.05, 0.1) is 25.4 Å². The van der Waals surface area contributed by atoms with Crippen molar-refractivity contribution in [2.45, 2.75) is 20.5 Å². The van der Waals surface area contributed by atoms with Gasteiger partial charge in [-0.2, -0.15) is 0 Å². The first-order valence-electron chi connectivity index (χ1n) is 6.18. The van der Waals surface area contributed by atoms with Crippen molar-refractivity contribution in [3.05, 3.63) is 35.1 Å². The number of halogens is 1. The van der Waals surface area contributed by atoms with Gasteiger partial charge in [0.25, 0.3) is 0 Å². The van der Waals surface area contributed by atoms with Crippen LogP contribution in [-0.2, 0) is 16.1 Å². The summed E-state index contributed by atoms with van der Waals surface area (Å²) < 4.78 is 24.0. The lowest BCUT2D eigenvalue weighted by Crippen LogP contribution is -2.08. The van der Waals surface area contributed by atoms with Gasteiger partial charge in [-0.1, -0.05) is 19.9 Å². The van der Waals surface area contributed by atoms with Crippen LogP contribution in [0.1, 0.15) is 29.8 Å². The van der Waals surface area contributed by atoms with Crippen molar-refractivity contribution in [1.29, 1.82) is 0 Å². The number of rotatable bonds is 8. The quantitative estimate of drug-likeness (QED) is 0.738. The molecule has 0 aliphatic heterocycles. The van der Waals surface area contributed by atoms with Gasteiger partial charge in [-0.25, -0.2) is 9.18 Å². The summed E-state index contributed by atoms with van der Waals surface area (Å²) >= 11 is 0. The summed E-state index contributed by atoms with van der Waals surface area (Å²) in [6, 6.07) is 3.96. The average Bonchev–Trinajstić information content (AvgIpc) is 2.32. The van der Waals surface area contributed by atoms with E-state index in [1.807, 2.05) is 0 Å². The molecule has 0 unspecified atom stereocenters. The van der Waals surface area contributed by atoms with Gasteiger partial charge in [0, 0.05) is 6.61 Å². The average molecular weight is 270 g/mol. The van der Waals surface area contributed by atoms with Crippen LogP contribution in [0.2, 0.25) is 0 Å². The maximum atomic E-state index is 13.4. The highest BCUT2D eigenvalue weighted by molar-refractivity contribution is 5.87. The van der Waals surface area contributed by atoms with E-state index < -0.39 is 11.8 Å². The number of hydrogen-bond donors (Lipinski definition) is 1. The Morgan fingerprint density at radius 3 is 2.58 bits per heavy atom. The van der Waals surface area contributed by atoms with Crippen molar-refractivity contribution in [3.8, 4) is 0 Å². The van der Waals surface area contributed by atoms with Gasteiger partial charge in [-0.05, 0) is 23.6 Å². The van der Waals surface area contributed by atoms with E-state index in [1.54, 1.807) is 6.07 Å². The van der Waals surface area contributed by atoms with Crippen LogP contribution in [0.15, 0.2) is 18.2 Å². The van der Waals surface area contributed by atoms with Gasteiger partial charge in [-0.3, -0.25) is 0 Å². The van der Waals surface area contributed by atoms with Gasteiger partial charge in [0.1, 0.15) is 5.82 Å². The number of carboxylic acid groups (broad SMARTS) is 1. The Morgan fingerprint density at radius 2 is 2.00 bits per heavy atom. The molecule has 0 radical (unpaired) electrons. The summed E-state index contributed by atoms with van der Waals surface area (Å²) in [5.41, 5.74) is 0.273. The predicted octanol–water partition coefficient (Wildman–Crippen LogP) is 2.71. The van der Waals surface area contributed by atoms with Crippen molar-refractivity contribution in [1.82, 2.24) is 0 Å². The molecule has 1 aromatic rings. The van der Waals surface area contributed by atoms with Gasteiger partial charge in [-0.15, -0.1) is 0 Å². The fourth-order valence-corrected chi connectivity index (χ4v) is 1.45. The Kier molecular flexibility index (Phi) is 6.45. The normalized spacial score (nSPS) is 10.9. The first-order chi connectivity index (χ1) is 9.00. The highest BCUT2D eigenvalue weighted by Gasteiger charge is 2.10. The molecule has 106 valence electrons. The Morgan fingerprint density at radius 1 is 1.32 bits per heavy atom. The molecule has 0 atom stereocenters. The topological polar surface area (TPSA) is 55.8 Å². The number of aromatic carboxylic acids is 1. The first-order valence-corrected chi connectivity index (χ1v) is 6.18. The van der Waals surface area contributed by atoms with Crippen LogP contribution in [0.25, 0.3) is 0 Å². The molecule has 1 N–H and O–H groups in total. The van der Waals surface area contributed by atoms with E-state index in [4.69, 9.17) is 14.6 Å². The molecule has 1 aromatic carbocycles. The zero-order chi connectivity index (χ0) is 14.3. The number of carbonyl (C=O) groups is 1. The molecule has 5 heteroatoms. The van der Waals surface area contributed by atoms with E-state index in [0.717, 1.165) is 0 Å². The second-order valence-electron chi connectivity index (χ2n) is 4.64. The van der Waals surface area contributed by atoms with Crippen LogP contribution in [0.4, 0.5) is 4.39 Å². The molecule has 0 saturated heterocycles. The molecule has 4 nitrogen and oxygen atoms in total. The molecular formula is C14H19FO4. The maximum absolute atomic E-state index is 13.4. The predicted molar refractivity (Wildman–Crippen MR) is 68.7 cm³/mol. The van der Waals surface area contributed by atoms with Crippen molar-refractivity contribution < 1.29 is 23.8 Å². The molecular weight excluding hydrogens is 251 g/mol. The van der Waals surface area contributed by atoms with Gasteiger partial charge in [0.15, 0.2) is 0 Å². The van der Waals surface area contributed by atoms with E-state index in [-0.39, 0.29) is 12.2 Å². The summed E-state index contributed by atoms with van der Waals surface area (Å²) in [5.74, 6) is -1.53. The second kappa shape index (κ2) is 7.86. The van der Waals surface area contributed by atoms with E-state index in [1.165, 1.54) is 12.1 Å². The molecule has 0 amide bonds. The highest BCUT2D eigenvalue weighted by Crippen LogP contribution is 2.11. The molecule has 19 heavy (non-hydrogen) atoms. The second-order valence-corrected chi connectivity index (χ2v) is 4.64. The molecule has 0 aromatic heterocycles. The highest BCUT2D eigenvalue weighted by atomic mass is 19.1. The Hall–Kier alpha value is -1.46. The maximum Gasteiger partial charge on any atom is 0.338 e. The molecule has 0 spiro atoms. The van der Waals surface area contributed by atoms with Gasteiger partial charge in [0.2, 0.25) is 0 Å². The van der Waals surface area contributed by atoms with E-state index in [0.29, 0.717) is 31.3 Å². The van der Waals surface area contributed by atoms with Crippen molar-refractivity contribution in [3.63, 3.8) is 0 Å². The summed E-state index contributed by atoms with van der Waals surface area (Å²) in [6.45, 7) is 5.97. The van der Waals surface area contributed by atoms with Crippen molar-refractivity contribution in [2.24, 2.45) is 5.92 Å².